The molecule has 5 heteroatoms. The fraction of sp³-hybridized carbons (Fsp3) is 0.357. The lowest BCUT2D eigenvalue weighted by molar-refractivity contribution is 0.610. The van der Waals surface area contributed by atoms with Gasteiger partial charge in [0, 0.05) is 18.3 Å². The van der Waals surface area contributed by atoms with Crippen LogP contribution in [0.5, 0.6) is 0 Å². The molecule has 0 spiro atoms. The van der Waals surface area contributed by atoms with Crippen LogP contribution >= 0.6 is 15.9 Å². The number of nitrogens with one attached hydrogen (secondary N) is 1. The molecule has 0 aliphatic carbocycles. The molecule has 1 N–H and O–H groups in total. The molecule has 1 aromatic heterocycles. The second kappa shape index (κ2) is 6.30. The molecule has 3 nitrogen and oxygen atoms in total. The summed E-state index contributed by atoms with van der Waals surface area (Å²) in [4.78, 5) is 0. The Kier molecular flexibility index (Phi) is 4.71. The molecule has 0 bridgehead atoms. The molecular formula is C14H17BrFN3. The molecule has 1 aromatic carbocycles. The van der Waals surface area contributed by atoms with E-state index in [0.29, 0.717) is 11.0 Å². The van der Waals surface area contributed by atoms with E-state index >= 15 is 0 Å². The molecule has 19 heavy (non-hydrogen) atoms. The summed E-state index contributed by atoms with van der Waals surface area (Å²) in [6.45, 7) is 6.37. The van der Waals surface area contributed by atoms with E-state index in [0.717, 1.165) is 24.3 Å². The van der Waals surface area contributed by atoms with Crippen LogP contribution in [-0.4, -0.2) is 16.3 Å². The van der Waals surface area contributed by atoms with E-state index in [1.165, 1.54) is 11.6 Å². The summed E-state index contributed by atoms with van der Waals surface area (Å²) in [7, 11) is 0. The number of hydrogen-bond acceptors (Lipinski definition) is 2. The van der Waals surface area contributed by atoms with Crippen molar-refractivity contribution >= 4 is 15.9 Å². The summed E-state index contributed by atoms with van der Waals surface area (Å²) in [6.07, 6.45) is 2.01. The minimum Gasteiger partial charge on any atom is -0.313 e. The standard InChI is InChI=1S/C14H17BrFN3/c1-3-17-7-12-9-19(18-10(12)2)8-11-5-4-6-13(16)14(11)15/h4-6,9,17H,3,7-8H2,1-2H3. The smallest absolute Gasteiger partial charge is 0.137 e. The van der Waals surface area contributed by atoms with Gasteiger partial charge in [-0.1, -0.05) is 19.1 Å². The van der Waals surface area contributed by atoms with Gasteiger partial charge in [0.05, 0.1) is 16.7 Å². The van der Waals surface area contributed by atoms with Gasteiger partial charge in [-0.3, -0.25) is 4.68 Å². The maximum atomic E-state index is 13.4. The zero-order chi connectivity index (χ0) is 13.8. The molecule has 0 saturated heterocycles. The summed E-state index contributed by atoms with van der Waals surface area (Å²) in [6, 6.07) is 5.05. The Morgan fingerprint density at radius 1 is 1.37 bits per heavy atom. The van der Waals surface area contributed by atoms with Crippen molar-refractivity contribution in [1.29, 1.82) is 0 Å². The van der Waals surface area contributed by atoms with Crippen molar-refractivity contribution in [1.82, 2.24) is 15.1 Å². The van der Waals surface area contributed by atoms with Crippen LogP contribution in [0.1, 0.15) is 23.7 Å². The lowest BCUT2D eigenvalue weighted by atomic mass is 10.2. The highest BCUT2D eigenvalue weighted by molar-refractivity contribution is 9.10. The first-order valence-corrected chi connectivity index (χ1v) is 7.07. The van der Waals surface area contributed by atoms with Crippen LogP contribution in [-0.2, 0) is 13.1 Å². The Morgan fingerprint density at radius 2 is 2.16 bits per heavy atom. The van der Waals surface area contributed by atoms with E-state index in [4.69, 9.17) is 0 Å². The van der Waals surface area contributed by atoms with Gasteiger partial charge < -0.3 is 5.32 Å². The first-order chi connectivity index (χ1) is 9.11. The highest BCUT2D eigenvalue weighted by Gasteiger charge is 2.08. The minimum atomic E-state index is -0.241. The fourth-order valence-corrected chi connectivity index (χ4v) is 2.31. The summed E-state index contributed by atoms with van der Waals surface area (Å²) < 4.78 is 15.8. The monoisotopic (exact) mass is 325 g/mol. The molecule has 0 unspecified atom stereocenters. The Hall–Kier alpha value is -1.20. The minimum absolute atomic E-state index is 0.241. The van der Waals surface area contributed by atoms with Crippen molar-refractivity contribution in [2.24, 2.45) is 0 Å². The second-order valence-electron chi connectivity index (χ2n) is 4.43. The third-order valence-electron chi connectivity index (χ3n) is 2.98. The zero-order valence-electron chi connectivity index (χ0n) is 11.1. The molecule has 0 aliphatic heterocycles. The van der Waals surface area contributed by atoms with Gasteiger partial charge in [0.15, 0.2) is 0 Å². The van der Waals surface area contributed by atoms with E-state index < -0.39 is 0 Å². The Balaban J connectivity index is 2.17. The number of benzene rings is 1. The van der Waals surface area contributed by atoms with Crippen LogP contribution in [0.3, 0.4) is 0 Å². The summed E-state index contributed by atoms with van der Waals surface area (Å²) in [5, 5.41) is 7.74. The van der Waals surface area contributed by atoms with Crippen LogP contribution in [0, 0.1) is 12.7 Å². The number of rotatable bonds is 5. The van der Waals surface area contributed by atoms with Crippen LogP contribution in [0.25, 0.3) is 0 Å². The molecule has 0 saturated carbocycles. The lowest BCUT2D eigenvalue weighted by Gasteiger charge is -2.05. The van der Waals surface area contributed by atoms with Gasteiger partial charge in [-0.05, 0) is 41.0 Å². The van der Waals surface area contributed by atoms with Crippen molar-refractivity contribution in [3.05, 3.63) is 51.5 Å². The van der Waals surface area contributed by atoms with Gasteiger partial charge in [-0.25, -0.2) is 4.39 Å². The molecule has 0 fully saturated rings. The molecule has 0 amide bonds. The van der Waals surface area contributed by atoms with Crippen molar-refractivity contribution in [3.8, 4) is 0 Å². The fourth-order valence-electron chi connectivity index (χ4n) is 1.92. The predicted octanol–water partition coefficient (Wildman–Crippen LogP) is 3.25. The molecule has 2 aromatic rings. The lowest BCUT2D eigenvalue weighted by Crippen LogP contribution is -2.11. The number of aryl methyl sites for hydroxylation is 1. The topological polar surface area (TPSA) is 29.9 Å². The van der Waals surface area contributed by atoms with Gasteiger partial charge in [-0.15, -0.1) is 0 Å². The largest absolute Gasteiger partial charge is 0.313 e. The Bertz CT molecular complexity index is 566. The Morgan fingerprint density at radius 3 is 2.89 bits per heavy atom. The maximum absolute atomic E-state index is 13.4. The van der Waals surface area contributed by atoms with Gasteiger partial charge in [0.25, 0.3) is 0 Å². The molecule has 0 radical (unpaired) electrons. The first kappa shape index (κ1) is 14.2. The zero-order valence-corrected chi connectivity index (χ0v) is 12.7. The number of halogens is 2. The first-order valence-electron chi connectivity index (χ1n) is 6.28. The molecule has 0 aliphatic rings. The highest BCUT2D eigenvalue weighted by atomic mass is 79.9. The van der Waals surface area contributed by atoms with Crippen LogP contribution in [0.15, 0.2) is 28.9 Å². The quantitative estimate of drug-likeness (QED) is 0.914. The van der Waals surface area contributed by atoms with Crippen molar-refractivity contribution in [2.75, 3.05) is 6.54 Å². The SMILES string of the molecule is CCNCc1cn(Cc2cccc(F)c2Br)nc1C. The maximum Gasteiger partial charge on any atom is 0.137 e. The van der Waals surface area contributed by atoms with Gasteiger partial charge >= 0.3 is 0 Å². The van der Waals surface area contributed by atoms with Crippen molar-refractivity contribution < 1.29 is 4.39 Å². The third kappa shape index (κ3) is 3.42. The normalized spacial score (nSPS) is 10.9. The van der Waals surface area contributed by atoms with Crippen LogP contribution in [0.4, 0.5) is 4.39 Å². The molecular weight excluding hydrogens is 309 g/mol. The van der Waals surface area contributed by atoms with Crippen LogP contribution < -0.4 is 5.32 Å². The summed E-state index contributed by atoms with van der Waals surface area (Å²) >= 11 is 3.28. The number of aromatic nitrogens is 2. The average Bonchev–Trinajstić information content (AvgIpc) is 2.73. The van der Waals surface area contributed by atoms with E-state index in [2.05, 4.69) is 33.3 Å². The Labute approximate surface area is 121 Å². The van der Waals surface area contributed by atoms with E-state index in [9.17, 15) is 4.39 Å². The summed E-state index contributed by atoms with van der Waals surface area (Å²) in [5.41, 5.74) is 3.07. The third-order valence-corrected chi connectivity index (χ3v) is 3.87. The highest BCUT2D eigenvalue weighted by Crippen LogP contribution is 2.21. The van der Waals surface area contributed by atoms with Gasteiger partial charge in [-0.2, -0.15) is 5.10 Å². The predicted molar refractivity (Wildman–Crippen MR) is 77.5 cm³/mol. The van der Waals surface area contributed by atoms with E-state index in [1.807, 2.05) is 23.9 Å². The van der Waals surface area contributed by atoms with E-state index in [-0.39, 0.29) is 5.82 Å². The van der Waals surface area contributed by atoms with Crippen molar-refractivity contribution in [2.45, 2.75) is 26.9 Å². The summed E-state index contributed by atoms with van der Waals surface area (Å²) in [5.74, 6) is -0.241. The van der Waals surface area contributed by atoms with E-state index in [1.54, 1.807) is 6.07 Å². The van der Waals surface area contributed by atoms with Gasteiger partial charge in [0.1, 0.15) is 5.82 Å². The van der Waals surface area contributed by atoms with Crippen LogP contribution in [0.2, 0.25) is 0 Å². The van der Waals surface area contributed by atoms with Gasteiger partial charge in [0.2, 0.25) is 0 Å². The second-order valence-corrected chi connectivity index (χ2v) is 5.22. The van der Waals surface area contributed by atoms with Crippen molar-refractivity contribution in [3.63, 3.8) is 0 Å². The number of nitrogens with zero attached hydrogens (tertiary/aromatic N) is 2. The molecule has 102 valence electrons. The number of hydrogen-bond donors (Lipinski definition) is 1. The molecule has 2 rings (SSSR count). The average molecular weight is 326 g/mol. The molecule has 1 heterocycles. The molecule has 0 atom stereocenters.